The number of nitrogens with zero attached hydrogens (tertiary/aromatic N) is 2. The van der Waals surface area contributed by atoms with Crippen LogP contribution in [0.2, 0.25) is 0 Å². The topological polar surface area (TPSA) is 87.1 Å². The Morgan fingerprint density at radius 2 is 2.29 bits per heavy atom. The van der Waals surface area contributed by atoms with E-state index in [1.807, 2.05) is 6.92 Å². The summed E-state index contributed by atoms with van der Waals surface area (Å²) in [5.41, 5.74) is 0.690. The minimum atomic E-state index is -0.304. The van der Waals surface area contributed by atoms with E-state index in [4.69, 9.17) is 5.11 Å². The first-order valence-electron chi connectivity index (χ1n) is 5.65. The van der Waals surface area contributed by atoms with Gasteiger partial charge in [-0.15, -0.1) is 0 Å². The van der Waals surface area contributed by atoms with Crippen molar-refractivity contribution in [2.45, 2.75) is 25.6 Å². The summed E-state index contributed by atoms with van der Waals surface area (Å²) in [6, 6.07) is 0.00269. The molecule has 0 saturated carbocycles. The Balaban J connectivity index is 2.09. The minimum Gasteiger partial charge on any atom is -0.396 e. The first-order chi connectivity index (χ1) is 8.22. The van der Waals surface area contributed by atoms with Crippen molar-refractivity contribution < 1.29 is 9.90 Å². The molecule has 0 bridgehead atoms. The molecule has 1 amide bonds. The van der Waals surface area contributed by atoms with Crippen LogP contribution < -0.4 is 10.6 Å². The molecule has 2 rings (SSSR count). The Labute approximate surface area is 99.5 Å². The highest BCUT2D eigenvalue weighted by Gasteiger charge is 2.33. The number of aliphatic hydroxyl groups excluding tert-OH is 1. The van der Waals surface area contributed by atoms with E-state index in [2.05, 4.69) is 20.6 Å². The molecule has 1 aromatic heterocycles. The second-order valence-corrected chi connectivity index (χ2v) is 4.15. The summed E-state index contributed by atoms with van der Waals surface area (Å²) < 4.78 is 0. The van der Waals surface area contributed by atoms with Gasteiger partial charge in [0.15, 0.2) is 0 Å². The highest BCUT2D eigenvalue weighted by atomic mass is 16.3. The Morgan fingerprint density at radius 1 is 1.47 bits per heavy atom. The summed E-state index contributed by atoms with van der Waals surface area (Å²) in [6.07, 6.45) is 4.96. The van der Waals surface area contributed by atoms with Crippen molar-refractivity contribution >= 4 is 5.91 Å². The zero-order chi connectivity index (χ0) is 12.3. The van der Waals surface area contributed by atoms with Crippen molar-refractivity contribution in [3.63, 3.8) is 0 Å². The van der Waals surface area contributed by atoms with Gasteiger partial charge in [-0.1, -0.05) is 0 Å². The van der Waals surface area contributed by atoms with Gasteiger partial charge in [0, 0.05) is 25.0 Å². The van der Waals surface area contributed by atoms with Crippen molar-refractivity contribution in [3.8, 4) is 0 Å². The molecule has 92 valence electrons. The lowest BCUT2D eigenvalue weighted by Crippen LogP contribution is -2.56. The maximum absolute atomic E-state index is 11.9. The molecule has 0 spiro atoms. The van der Waals surface area contributed by atoms with Gasteiger partial charge in [0.1, 0.15) is 6.17 Å². The number of carbonyl (C=O) groups is 1. The monoisotopic (exact) mass is 236 g/mol. The van der Waals surface area contributed by atoms with Crippen molar-refractivity contribution in [3.05, 3.63) is 24.3 Å². The standard InChI is InChI=1S/C11H16N4O2/c1-7-8(2-5-16)11(17)15-10(14-7)9-6-12-3-4-13-9/h3-4,6-8,10,14,16H,2,5H2,1H3,(H,15,17). The number of aromatic nitrogens is 2. The van der Waals surface area contributed by atoms with E-state index in [-0.39, 0.29) is 30.6 Å². The predicted molar refractivity (Wildman–Crippen MR) is 60.7 cm³/mol. The van der Waals surface area contributed by atoms with Gasteiger partial charge in [-0.3, -0.25) is 20.1 Å². The van der Waals surface area contributed by atoms with Crippen LogP contribution in [-0.2, 0) is 4.79 Å². The fourth-order valence-electron chi connectivity index (χ4n) is 2.04. The van der Waals surface area contributed by atoms with E-state index in [9.17, 15) is 4.79 Å². The molecule has 17 heavy (non-hydrogen) atoms. The molecule has 1 aliphatic rings. The molecule has 1 aromatic rings. The van der Waals surface area contributed by atoms with Crippen molar-refractivity contribution in [1.29, 1.82) is 0 Å². The lowest BCUT2D eigenvalue weighted by atomic mass is 9.94. The second kappa shape index (κ2) is 5.20. The van der Waals surface area contributed by atoms with Crippen molar-refractivity contribution in [2.24, 2.45) is 5.92 Å². The number of amides is 1. The van der Waals surface area contributed by atoms with E-state index in [1.165, 1.54) is 0 Å². The van der Waals surface area contributed by atoms with Gasteiger partial charge in [0.2, 0.25) is 5.91 Å². The number of nitrogens with one attached hydrogen (secondary N) is 2. The van der Waals surface area contributed by atoms with Crippen LogP contribution in [-0.4, -0.2) is 33.6 Å². The Kier molecular flexibility index (Phi) is 3.65. The van der Waals surface area contributed by atoms with Crippen LogP contribution in [0.25, 0.3) is 0 Å². The van der Waals surface area contributed by atoms with Crippen LogP contribution in [0.1, 0.15) is 25.2 Å². The average Bonchev–Trinajstić information content (AvgIpc) is 2.35. The van der Waals surface area contributed by atoms with Crippen LogP contribution in [0.5, 0.6) is 0 Å². The van der Waals surface area contributed by atoms with Gasteiger partial charge in [0.25, 0.3) is 0 Å². The molecule has 6 heteroatoms. The van der Waals surface area contributed by atoms with Gasteiger partial charge in [-0.05, 0) is 13.3 Å². The average molecular weight is 236 g/mol. The summed E-state index contributed by atoms with van der Waals surface area (Å²) >= 11 is 0. The van der Waals surface area contributed by atoms with E-state index >= 15 is 0 Å². The van der Waals surface area contributed by atoms with E-state index in [0.29, 0.717) is 12.1 Å². The lowest BCUT2D eigenvalue weighted by molar-refractivity contribution is -0.130. The lowest BCUT2D eigenvalue weighted by Gasteiger charge is -2.35. The zero-order valence-electron chi connectivity index (χ0n) is 9.63. The fraction of sp³-hybridized carbons (Fsp3) is 0.545. The summed E-state index contributed by atoms with van der Waals surface area (Å²) in [4.78, 5) is 20.0. The quantitative estimate of drug-likeness (QED) is 0.663. The number of rotatable bonds is 3. The molecule has 0 aromatic carbocycles. The Morgan fingerprint density at radius 3 is 2.88 bits per heavy atom. The van der Waals surface area contributed by atoms with Crippen LogP contribution in [0.15, 0.2) is 18.6 Å². The normalized spacial score (nSPS) is 28.8. The van der Waals surface area contributed by atoms with Crippen LogP contribution in [0.3, 0.4) is 0 Å². The first-order valence-corrected chi connectivity index (χ1v) is 5.65. The van der Waals surface area contributed by atoms with E-state index < -0.39 is 0 Å². The van der Waals surface area contributed by atoms with Gasteiger partial charge in [-0.25, -0.2) is 0 Å². The molecule has 1 fully saturated rings. The van der Waals surface area contributed by atoms with Gasteiger partial charge in [0.05, 0.1) is 17.8 Å². The molecular formula is C11H16N4O2. The minimum absolute atomic E-state index is 0.00269. The third kappa shape index (κ3) is 2.59. The van der Waals surface area contributed by atoms with Crippen LogP contribution in [0, 0.1) is 5.92 Å². The van der Waals surface area contributed by atoms with E-state index in [0.717, 1.165) is 0 Å². The summed E-state index contributed by atoms with van der Waals surface area (Å²) in [7, 11) is 0. The maximum atomic E-state index is 11.9. The summed E-state index contributed by atoms with van der Waals surface area (Å²) in [5.74, 6) is -0.256. The number of hydrogen-bond acceptors (Lipinski definition) is 5. The maximum Gasteiger partial charge on any atom is 0.226 e. The van der Waals surface area contributed by atoms with Gasteiger partial charge >= 0.3 is 0 Å². The van der Waals surface area contributed by atoms with Crippen molar-refractivity contribution in [2.75, 3.05) is 6.61 Å². The predicted octanol–water partition coefficient (Wildman–Crippen LogP) is -0.418. The third-order valence-electron chi connectivity index (χ3n) is 2.98. The Bertz CT molecular complexity index is 384. The first kappa shape index (κ1) is 11.9. The number of aliphatic hydroxyl groups is 1. The molecule has 0 radical (unpaired) electrons. The molecule has 3 unspecified atom stereocenters. The second-order valence-electron chi connectivity index (χ2n) is 4.15. The SMILES string of the molecule is CC1NC(c2cnccn2)NC(=O)C1CCO. The molecule has 3 N–H and O–H groups in total. The largest absolute Gasteiger partial charge is 0.396 e. The van der Waals surface area contributed by atoms with Crippen LogP contribution >= 0.6 is 0 Å². The summed E-state index contributed by atoms with van der Waals surface area (Å²) in [5, 5.41) is 15.0. The van der Waals surface area contributed by atoms with Crippen LogP contribution in [0.4, 0.5) is 0 Å². The zero-order valence-corrected chi connectivity index (χ0v) is 9.63. The molecule has 1 saturated heterocycles. The van der Waals surface area contributed by atoms with E-state index in [1.54, 1.807) is 18.6 Å². The number of hydrogen-bond donors (Lipinski definition) is 3. The third-order valence-corrected chi connectivity index (χ3v) is 2.98. The Hall–Kier alpha value is -1.53. The molecule has 3 atom stereocenters. The van der Waals surface area contributed by atoms with Gasteiger partial charge in [-0.2, -0.15) is 0 Å². The molecule has 0 aliphatic carbocycles. The number of carbonyl (C=O) groups excluding carboxylic acids is 1. The highest BCUT2D eigenvalue weighted by molar-refractivity contribution is 5.80. The molecule has 2 heterocycles. The molecule has 1 aliphatic heterocycles. The summed E-state index contributed by atoms with van der Waals surface area (Å²) in [6.45, 7) is 1.95. The van der Waals surface area contributed by atoms with Gasteiger partial charge < -0.3 is 10.4 Å². The van der Waals surface area contributed by atoms with Crippen molar-refractivity contribution in [1.82, 2.24) is 20.6 Å². The molecule has 6 nitrogen and oxygen atoms in total. The fourth-order valence-corrected chi connectivity index (χ4v) is 2.04. The molecular weight excluding hydrogens is 220 g/mol. The smallest absolute Gasteiger partial charge is 0.226 e. The highest BCUT2D eigenvalue weighted by Crippen LogP contribution is 2.19.